The Morgan fingerprint density at radius 1 is 1.20 bits per heavy atom. The second-order valence-corrected chi connectivity index (χ2v) is 11.3. The van der Waals surface area contributed by atoms with E-state index in [0.29, 0.717) is 30.7 Å². The largest absolute Gasteiger partial charge is 0.474 e. The first kappa shape index (κ1) is 21.0. The number of morpholine rings is 1. The monoisotopic (exact) mass is 433 g/mol. The molecule has 0 aromatic carbocycles. The van der Waals surface area contributed by atoms with Crippen LogP contribution in [0.5, 0.6) is 5.88 Å². The summed E-state index contributed by atoms with van der Waals surface area (Å²) >= 11 is 0. The lowest BCUT2D eigenvalue weighted by molar-refractivity contribution is 0.0555. The average Bonchev–Trinajstić information content (AvgIpc) is 2.70. The molecule has 1 saturated heterocycles. The summed E-state index contributed by atoms with van der Waals surface area (Å²) < 4.78 is 25.9. The second-order valence-electron chi connectivity index (χ2n) is 8.05. The molecule has 30 heavy (non-hydrogen) atoms. The molecule has 10 nitrogen and oxygen atoms in total. The lowest BCUT2D eigenvalue weighted by Crippen LogP contribution is -2.46. The van der Waals surface area contributed by atoms with E-state index in [1.54, 1.807) is 31.8 Å². The number of hydrogen-bond acceptors (Lipinski definition) is 9. The Labute approximate surface area is 176 Å². The molecule has 11 heteroatoms. The van der Waals surface area contributed by atoms with Crippen LogP contribution in [0, 0.1) is 0 Å². The molecule has 1 aliphatic heterocycles. The van der Waals surface area contributed by atoms with Gasteiger partial charge in [-0.05, 0) is 7.05 Å². The van der Waals surface area contributed by atoms with Gasteiger partial charge < -0.3 is 24.7 Å². The molecule has 0 spiro atoms. The molecule has 0 radical (unpaired) electrons. The molecule has 1 aliphatic carbocycles. The zero-order valence-electron chi connectivity index (χ0n) is 17.6. The second kappa shape index (κ2) is 8.45. The minimum atomic E-state index is -2.26. The van der Waals surface area contributed by atoms with Gasteiger partial charge >= 0.3 is 0 Å². The normalized spacial score (nSPS) is 22.1. The van der Waals surface area contributed by atoms with Gasteiger partial charge in [0.15, 0.2) is 0 Å². The molecule has 0 bridgehead atoms. The summed E-state index contributed by atoms with van der Waals surface area (Å²) in [5, 5.41) is 0. The maximum atomic E-state index is 12.3. The van der Waals surface area contributed by atoms with Gasteiger partial charge in [0, 0.05) is 69.3 Å². The standard InChI is InChI=1S/C19H28N7O3P/c1-25(30(2,3)27)14-8-15(9-14)29-17-10-16(13-11-21-18(20)22-12-13)23-19(24-17)26-4-6-28-7-5-26/h10-12,14-15H,4-9H2,1-3H3,(H2,20,21,22)/t14-,15-. The van der Waals surface area contributed by atoms with Gasteiger partial charge in [0.1, 0.15) is 13.4 Å². The van der Waals surface area contributed by atoms with Crippen LogP contribution in [0.4, 0.5) is 11.9 Å². The number of hydrogen-bond donors (Lipinski definition) is 1. The summed E-state index contributed by atoms with van der Waals surface area (Å²) in [5.74, 6) is 1.33. The number of nitrogens with zero attached hydrogens (tertiary/aromatic N) is 6. The highest BCUT2D eigenvalue weighted by Gasteiger charge is 2.37. The molecular weight excluding hydrogens is 405 g/mol. The summed E-state index contributed by atoms with van der Waals surface area (Å²) in [6.07, 6.45) is 4.96. The Morgan fingerprint density at radius 2 is 1.87 bits per heavy atom. The van der Waals surface area contributed by atoms with Crippen LogP contribution < -0.4 is 15.4 Å². The van der Waals surface area contributed by atoms with Gasteiger partial charge in [-0.15, -0.1) is 0 Å². The van der Waals surface area contributed by atoms with Gasteiger partial charge in [-0.2, -0.15) is 4.98 Å². The van der Waals surface area contributed by atoms with Crippen LogP contribution >= 0.6 is 7.29 Å². The fraction of sp³-hybridized carbons (Fsp3) is 0.579. The van der Waals surface area contributed by atoms with Crippen molar-refractivity contribution in [2.45, 2.75) is 25.0 Å². The smallest absolute Gasteiger partial charge is 0.229 e. The molecule has 0 amide bonds. The van der Waals surface area contributed by atoms with Crippen LogP contribution in [0.1, 0.15) is 12.8 Å². The number of nitrogen functional groups attached to an aromatic ring is 1. The van der Waals surface area contributed by atoms with Crippen molar-refractivity contribution >= 4 is 19.2 Å². The van der Waals surface area contributed by atoms with Crippen LogP contribution in [0.15, 0.2) is 18.5 Å². The number of rotatable bonds is 6. The zero-order chi connectivity index (χ0) is 21.3. The third-order valence-corrected chi connectivity index (χ3v) is 7.44. The maximum absolute atomic E-state index is 12.3. The van der Waals surface area contributed by atoms with Crippen LogP contribution in [0.25, 0.3) is 11.3 Å². The predicted molar refractivity (Wildman–Crippen MR) is 115 cm³/mol. The van der Waals surface area contributed by atoms with E-state index in [0.717, 1.165) is 31.5 Å². The van der Waals surface area contributed by atoms with E-state index in [-0.39, 0.29) is 18.1 Å². The van der Waals surface area contributed by atoms with E-state index >= 15 is 0 Å². The SMILES string of the molecule is CN([C@H]1C[C@H](Oc2cc(-c3cnc(N)nc3)nc(N3CCOCC3)n2)C1)P(C)(C)=O. The fourth-order valence-corrected chi connectivity index (χ4v) is 4.47. The third kappa shape index (κ3) is 4.71. The number of anilines is 2. The first-order valence-electron chi connectivity index (χ1n) is 10.0. The Hall–Kier alpha value is -2.29. The molecule has 2 aliphatic rings. The molecule has 2 fully saturated rings. The van der Waals surface area contributed by atoms with Gasteiger partial charge in [0.05, 0.1) is 18.9 Å². The number of ether oxygens (including phenoxy) is 2. The van der Waals surface area contributed by atoms with Gasteiger partial charge in [-0.1, -0.05) is 0 Å². The first-order valence-corrected chi connectivity index (χ1v) is 12.6. The molecule has 1 saturated carbocycles. The highest BCUT2D eigenvalue weighted by atomic mass is 31.2. The molecule has 0 unspecified atom stereocenters. The van der Waals surface area contributed by atoms with E-state index in [1.165, 1.54) is 0 Å². The first-order chi connectivity index (χ1) is 14.3. The molecule has 2 aromatic rings. The van der Waals surface area contributed by atoms with Crippen molar-refractivity contribution in [3.05, 3.63) is 18.5 Å². The van der Waals surface area contributed by atoms with Crippen molar-refractivity contribution in [2.24, 2.45) is 0 Å². The Kier molecular flexibility index (Phi) is 5.90. The Morgan fingerprint density at radius 3 is 2.50 bits per heavy atom. The minimum Gasteiger partial charge on any atom is -0.474 e. The third-order valence-electron chi connectivity index (χ3n) is 5.60. The molecule has 2 aromatic heterocycles. The summed E-state index contributed by atoms with van der Waals surface area (Å²) in [5.41, 5.74) is 7.04. The lowest BCUT2D eigenvalue weighted by Gasteiger charge is -2.42. The zero-order valence-corrected chi connectivity index (χ0v) is 18.5. The summed E-state index contributed by atoms with van der Waals surface area (Å²) in [6, 6.07) is 2.07. The average molecular weight is 433 g/mol. The van der Waals surface area contributed by atoms with Crippen LogP contribution in [0.3, 0.4) is 0 Å². The Bertz CT molecular complexity index is 924. The van der Waals surface area contributed by atoms with Crippen LogP contribution in [0.2, 0.25) is 0 Å². The van der Waals surface area contributed by atoms with E-state index in [2.05, 4.69) is 19.9 Å². The van der Waals surface area contributed by atoms with Crippen molar-refractivity contribution in [3.8, 4) is 17.1 Å². The van der Waals surface area contributed by atoms with Crippen molar-refractivity contribution in [1.29, 1.82) is 0 Å². The molecule has 162 valence electrons. The van der Waals surface area contributed by atoms with E-state index in [9.17, 15) is 4.57 Å². The van der Waals surface area contributed by atoms with Crippen LogP contribution in [-0.4, -0.2) is 83.4 Å². The maximum Gasteiger partial charge on any atom is 0.229 e. The summed E-state index contributed by atoms with van der Waals surface area (Å²) in [4.78, 5) is 19.6. The summed E-state index contributed by atoms with van der Waals surface area (Å²) in [6.45, 7) is 6.31. The molecule has 3 heterocycles. The Balaban J connectivity index is 1.54. The highest BCUT2D eigenvalue weighted by Crippen LogP contribution is 2.46. The number of nitrogens with two attached hydrogens (primary N) is 1. The topological polar surface area (TPSA) is 120 Å². The van der Waals surface area contributed by atoms with E-state index < -0.39 is 7.29 Å². The number of aromatic nitrogens is 4. The molecular formula is C19H28N7O3P. The van der Waals surface area contributed by atoms with Gasteiger partial charge in [-0.3, -0.25) is 4.67 Å². The molecule has 0 atom stereocenters. The van der Waals surface area contributed by atoms with Crippen molar-refractivity contribution in [3.63, 3.8) is 0 Å². The fourth-order valence-electron chi connectivity index (χ4n) is 3.50. The van der Waals surface area contributed by atoms with Crippen molar-refractivity contribution in [2.75, 3.05) is 57.3 Å². The summed E-state index contributed by atoms with van der Waals surface area (Å²) in [7, 11) is -0.337. The molecule has 4 rings (SSSR count). The molecule has 2 N–H and O–H groups in total. The van der Waals surface area contributed by atoms with Gasteiger partial charge in [0.2, 0.25) is 17.8 Å². The minimum absolute atomic E-state index is 0.0342. The van der Waals surface area contributed by atoms with E-state index in [4.69, 9.17) is 20.2 Å². The van der Waals surface area contributed by atoms with E-state index in [1.807, 2.05) is 11.7 Å². The van der Waals surface area contributed by atoms with Crippen molar-refractivity contribution < 1.29 is 14.0 Å². The highest BCUT2D eigenvalue weighted by molar-refractivity contribution is 7.59. The van der Waals surface area contributed by atoms with Crippen molar-refractivity contribution in [1.82, 2.24) is 24.6 Å². The lowest BCUT2D eigenvalue weighted by atomic mass is 9.89. The van der Waals surface area contributed by atoms with Gasteiger partial charge in [0.25, 0.3) is 0 Å². The van der Waals surface area contributed by atoms with Gasteiger partial charge in [-0.25, -0.2) is 15.0 Å². The predicted octanol–water partition coefficient (Wildman–Crippen LogP) is 1.73. The van der Waals surface area contributed by atoms with Crippen LogP contribution in [-0.2, 0) is 9.30 Å². The quantitative estimate of drug-likeness (QED) is 0.675.